The number of benzene rings is 8. The van der Waals surface area contributed by atoms with E-state index in [1.165, 1.54) is 51.6 Å². The average Bonchev–Trinajstić information content (AvgIpc) is 0.894. The van der Waals surface area contributed by atoms with Gasteiger partial charge in [0.05, 0.1) is 12.2 Å². The maximum Gasteiger partial charge on any atom is 0.573 e. The summed E-state index contributed by atoms with van der Waals surface area (Å²) in [7, 11) is 5.18. The second kappa shape index (κ2) is 55.6. The Morgan fingerprint density at radius 3 is 1.24 bits per heavy atom. The number of nitriles is 2. The molecule has 0 aliphatic rings. The summed E-state index contributed by atoms with van der Waals surface area (Å²) < 4.78 is 79.1. The maximum absolute atomic E-state index is 12.0. The molecule has 0 aliphatic carbocycles. The second-order valence-corrected chi connectivity index (χ2v) is 34.6. The van der Waals surface area contributed by atoms with Crippen LogP contribution in [0.15, 0.2) is 198 Å². The highest BCUT2D eigenvalue weighted by molar-refractivity contribution is 6.30. The van der Waals surface area contributed by atoms with Gasteiger partial charge in [0.1, 0.15) is 11.5 Å². The number of nitrogens with two attached hydrogens (primary N) is 4. The number of alkyl halides is 6. The Balaban J connectivity index is 0.000000693. The van der Waals surface area contributed by atoms with Gasteiger partial charge in [-0.15, -0.1) is 26.3 Å². The fourth-order valence-corrected chi connectivity index (χ4v) is 11.8. The van der Waals surface area contributed by atoms with Crippen LogP contribution in [0, 0.1) is 69.2 Å². The van der Waals surface area contributed by atoms with Crippen molar-refractivity contribution in [2.24, 2.45) is 73.5 Å². The van der Waals surface area contributed by atoms with E-state index in [4.69, 9.17) is 45.1 Å². The highest BCUT2D eigenvalue weighted by Gasteiger charge is 2.32. The zero-order valence-corrected chi connectivity index (χ0v) is 75.4. The monoisotopic (exact) mass is 1700 g/mol. The van der Waals surface area contributed by atoms with Gasteiger partial charge < -0.3 is 47.9 Å². The summed E-state index contributed by atoms with van der Waals surface area (Å²) in [5.41, 5.74) is 36.9. The molecule has 0 saturated heterocycles. The Hall–Kier alpha value is -11.2. The number of nitrogens with one attached hydrogen (secondary N) is 4. The van der Waals surface area contributed by atoms with Crippen LogP contribution in [-0.2, 0) is 64.5 Å². The maximum atomic E-state index is 12.0. The molecule has 121 heavy (non-hydrogen) atoms. The van der Waals surface area contributed by atoms with Gasteiger partial charge in [-0.3, -0.25) is 20.2 Å². The van der Waals surface area contributed by atoms with E-state index < -0.39 is 18.8 Å². The highest BCUT2D eigenvalue weighted by atomic mass is 35.5. The van der Waals surface area contributed by atoms with E-state index in [0.717, 1.165) is 102 Å². The number of hydrogen-bond donors (Lipinski definition) is 8. The van der Waals surface area contributed by atoms with Crippen LogP contribution < -0.4 is 53.7 Å². The molecule has 25 heteroatoms. The van der Waals surface area contributed by atoms with Crippen molar-refractivity contribution in [3.8, 4) is 23.9 Å². The van der Waals surface area contributed by atoms with Crippen molar-refractivity contribution in [2.45, 2.75) is 202 Å². The number of halogens is 7. The second-order valence-electron chi connectivity index (χ2n) is 34.2. The van der Waals surface area contributed by atoms with E-state index in [0.29, 0.717) is 49.1 Å². The Morgan fingerprint density at radius 2 is 0.826 bits per heavy atom. The molecule has 0 spiro atoms. The van der Waals surface area contributed by atoms with Gasteiger partial charge in [-0.05, 0) is 232 Å². The molecule has 0 bridgehead atoms. The van der Waals surface area contributed by atoms with Crippen molar-refractivity contribution in [1.29, 1.82) is 10.5 Å². The molecular weight excluding hydrogens is 1560 g/mol. The van der Waals surface area contributed by atoms with E-state index in [2.05, 4.69) is 194 Å². The summed E-state index contributed by atoms with van der Waals surface area (Å²) in [5.74, 6) is 3.30. The number of amides is 4. The molecular formula is C96H132ClF6N13O5. The average molecular weight is 1700 g/mol. The van der Waals surface area contributed by atoms with Crippen LogP contribution in [0.3, 0.4) is 0 Å². The molecule has 0 fully saturated rings. The third kappa shape index (κ3) is 56.0. The fourth-order valence-electron chi connectivity index (χ4n) is 11.6. The quantitative estimate of drug-likeness (QED) is 0.00741. The molecule has 12 N–H and O–H groups in total. The first-order valence-electron chi connectivity index (χ1n) is 40.4. The number of guanidine groups is 2. The van der Waals surface area contributed by atoms with Gasteiger partial charge in [-0.2, -0.15) is 10.5 Å². The van der Waals surface area contributed by atoms with Crippen molar-refractivity contribution >= 4 is 52.7 Å². The Morgan fingerprint density at radius 1 is 0.455 bits per heavy atom. The van der Waals surface area contributed by atoms with Gasteiger partial charge in [0.2, 0.25) is 11.9 Å². The van der Waals surface area contributed by atoms with Crippen LogP contribution in [0.1, 0.15) is 201 Å². The van der Waals surface area contributed by atoms with Crippen molar-refractivity contribution in [3.63, 3.8) is 0 Å². The molecule has 0 radical (unpaired) electrons. The third-order valence-electron chi connectivity index (χ3n) is 16.1. The molecule has 0 heterocycles. The molecule has 0 saturated carbocycles. The number of rotatable bonds is 23. The first-order valence-corrected chi connectivity index (χ1v) is 40.8. The standard InChI is InChI=1S/C14H21NO.C13H18N4.C13H19NO.C12H16N4.C12H18N2O.C11H12ClF3O.C11H13F3O.C10H15N/c1-14(2,3)10-11-6-8-12(9-7-11)13(16)15(4)5;1-10(2)6-11-4-3-5-12(7-11)8-16-13(15)17-9-14;1-13(2,3)9-10-5-7-11(8-6-10)12(15)14-4;1-9(2)6-10-4-3-5-11(7-10)16-12(14)15-8-13;1-9(2)6-10-4-3-5-11(7-10)8-14-12(13)15;1-7(2)3-8-4-9(12)6-10(5-8)16-11(13,14)15;1-8(2)7-9-3-5-10(6-4-9)15-11(12,13)14;1-8(2)7-9-3-5-10(11)6-4-9/h6-9H,10H2,1-5H3;3-5,7,10H,6,8H2,1-2H3,(H3,15,16,17);5-8H,9H2,1-4H3,(H,14,15);3-5,7,9H,6H2,1-2H3,(H3,14,15,16);3-5,7,9H,6,8H2,1-2H3,(H3,13,14,15);4-7H,3H2,1-2H3;3-6,8H,7H2,1-2H3;3-6,8H,7,11H2,1-2H3. The normalized spacial score (nSPS) is 11.2. The summed E-state index contributed by atoms with van der Waals surface area (Å²) in [6.07, 6.45) is 2.01. The Kier molecular flexibility index (Phi) is 49.5. The number of hydrogen-bond acceptors (Lipinski definition) is 10. The summed E-state index contributed by atoms with van der Waals surface area (Å²) >= 11 is 5.71. The number of nitrogen functional groups attached to an aromatic ring is 1. The minimum absolute atomic E-state index is 0.0303. The lowest BCUT2D eigenvalue weighted by Gasteiger charge is -2.18. The van der Waals surface area contributed by atoms with E-state index >= 15 is 0 Å². The molecule has 0 atom stereocenters. The van der Waals surface area contributed by atoms with Crippen molar-refractivity contribution in [1.82, 2.24) is 26.2 Å². The molecule has 0 aromatic heterocycles. The van der Waals surface area contributed by atoms with E-state index in [1.54, 1.807) is 56.6 Å². The summed E-state index contributed by atoms with van der Waals surface area (Å²) in [6, 6.07) is 57.8. The lowest BCUT2D eigenvalue weighted by molar-refractivity contribution is -0.275. The number of nitrogens with zero attached hydrogens (tertiary/aromatic N) is 5. The van der Waals surface area contributed by atoms with Gasteiger partial charge in [0.15, 0.2) is 12.4 Å². The van der Waals surface area contributed by atoms with Crippen molar-refractivity contribution < 1.29 is 50.2 Å². The van der Waals surface area contributed by atoms with Crippen molar-refractivity contribution in [2.75, 3.05) is 26.9 Å². The van der Waals surface area contributed by atoms with E-state index in [9.17, 15) is 40.7 Å². The van der Waals surface area contributed by atoms with E-state index in [-0.39, 0.29) is 51.1 Å². The third-order valence-corrected chi connectivity index (χ3v) is 16.3. The van der Waals surface area contributed by atoms with Crippen LogP contribution >= 0.6 is 11.6 Å². The molecule has 4 amide bonds. The summed E-state index contributed by atoms with van der Waals surface area (Å²) in [6.45, 7) is 39.9. The van der Waals surface area contributed by atoms with Crippen LogP contribution in [0.2, 0.25) is 5.02 Å². The van der Waals surface area contributed by atoms with Crippen LogP contribution in [0.25, 0.3) is 0 Å². The van der Waals surface area contributed by atoms with E-state index in [1.807, 2.05) is 117 Å². The van der Waals surface area contributed by atoms with Crippen LogP contribution in [0.4, 0.5) is 42.5 Å². The number of aliphatic imine (C=N–C) groups is 2. The van der Waals surface area contributed by atoms with Crippen LogP contribution in [0.5, 0.6) is 11.5 Å². The zero-order chi connectivity index (χ0) is 91.8. The topological polar surface area (TPSA) is 297 Å². The number of urea groups is 1. The molecule has 8 rings (SSSR count). The number of carbonyl (C=O) groups is 3. The number of ether oxygens (including phenoxy) is 2. The van der Waals surface area contributed by atoms with Gasteiger partial charge in [0.25, 0.3) is 11.8 Å². The lowest BCUT2D eigenvalue weighted by atomic mass is 9.88. The predicted molar refractivity (Wildman–Crippen MR) is 484 cm³/mol. The minimum Gasteiger partial charge on any atom is -0.406 e. The molecule has 18 nitrogen and oxygen atoms in total. The van der Waals surface area contributed by atoms with Crippen molar-refractivity contribution in [3.05, 3.63) is 260 Å². The smallest absolute Gasteiger partial charge is 0.406 e. The summed E-state index contributed by atoms with van der Waals surface area (Å²) in [5, 5.41) is 26.7. The molecule has 660 valence electrons. The van der Waals surface area contributed by atoms with Gasteiger partial charge >= 0.3 is 18.8 Å². The van der Waals surface area contributed by atoms with Gasteiger partial charge in [-0.1, -0.05) is 245 Å². The first kappa shape index (κ1) is 108. The number of carbonyl (C=O) groups excluding carboxylic acids is 3. The number of primary amides is 1. The first-order chi connectivity index (χ1) is 56.3. The summed E-state index contributed by atoms with van der Waals surface area (Å²) in [4.78, 5) is 43.3. The van der Waals surface area contributed by atoms with Gasteiger partial charge in [0, 0.05) is 49.5 Å². The fraction of sp³-hybridized carbons (Fsp3) is 0.427. The van der Waals surface area contributed by atoms with Crippen LogP contribution in [-0.4, -0.2) is 68.5 Å². The molecule has 0 unspecified atom stereocenters. The van der Waals surface area contributed by atoms with Gasteiger partial charge in [-0.25, -0.2) is 14.8 Å². The largest absolute Gasteiger partial charge is 0.573 e. The minimum atomic E-state index is -4.68. The molecule has 8 aromatic carbocycles. The Bertz CT molecular complexity index is 4460. The SMILES string of the molecule is CC(C)Cc1cc(Cl)cc(OC(F)(F)F)c1.CC(C)Cc1ccc(N)cc1.CC(C)Cc1ccc(OC(F)(F)F)cc1.CC(C)Cc1cccc(CN=C(N)NC#N)c1.CC(C)Cc1cccc(CNC(N)=O)c1.CC(C)Cc1cccc(N=C(N)NC#N)c1.CN(C)C(=O)c1ccc(CC(C)(C)C)cc1.CNC(=O)c1ccc(CC(C)(C)C)cc1. The Labute approximate surface area is 721 Å². The lowest BCUT2D eigenvalue weighted by Crippen LogP contribution is -2.28. The number of anilines is 1. The molecule has 0 aliphatic heterocycles. The highest BCUT2D eigenvalue weighted by Crippen LogP contribution is 2.30. The predicted octanol–water partition coefficient (Wildman–Crippen LogP) is 22.0. The zero-order valence-electron chi connectivity index (χ0n) is 74.7. The molecule has 8 aromatic rings.